The van der Waals surface area contributed by atoms with E-state index in [4.69, 9.17) is 5.73 Å². The Morgan fingerprint density at radius 2 is 1.85 bits per heavy atom. The molecule has 0 radical (unpaired) electrons. The Morgan fingerprint density at radius 1 is 1.15 bits per heavy atom. The summed E-state index contributed by atoms with van der Waals surface area (Å²) in [6.07, 6.45) is 2.70. The maximum absolute atomic E-state index is 13.3. The number of aromatic amines is 1. The van der Waals surface area contributed by atoms with Crippen molar-refractivity contribution in [3.63, 3.8) is 0 Å². The molecule has 1 aliphatic rings. The second-order valence-corrected chi connectivity index (χ2v) is 7.22. The lowest BCUT2D eigenvalue weighted by Gasteiger charge is -2.35. The molecule has 5 heteroatoms. The van der Waals surface area contributed by atoms with E-state index in [0.29, 0.717) is 5.56 Å². The average molecular weight is 361 g/mol. The minimum Gasteiger partial charge on any atom is -0.368 e. The van der Waals surface area contributed by atoms with Crippen LogP contribution in [0, 0.1) is 5.92 Å². The highest BCUT2D eigenvalue weighted by atomic mass is 16.2. The number of carbonyl (C=O) groups is 2. The van der Waals surface area contributed by atoms with Crippen molar-refractivity contribution in [2.45, 2.75) is 32.4 Å². The monoisotopic (exact) mass is 361 g/mol. The number of nitrogens with two attached hydrogens (primary N) is 1. The number of para-hydroxylation sites is 1. The fourth-order valence-corrected chi connectivity index (χ4v) is 4.18. The van der Waals surface area contributed by atoms with Crippen molar-refractivity contribution >= 4 is 22.7 Å². The fraction of sp³-hybridized carbons (Fsp3) is 0.273. The number of hydrogen-bond acceptors (Lipinski definition) is 2. The summed E-state index contributed by atoms with van der Waals surface area (Å²) in [4.78, 5) is 30.7. The average Bonchev–Trinajstić information content (AvgIpc) is 3.21. The van der Waals surface area contributed by atoms with Gasteiger partial charge in [-0.2, -0.15) is 0 Å². The van der Waals surface area contributed by atoms with Crippen molar-refractivity contribution in [2.24, 2.45) is 11.7 Å². The van der Waals surface area contributed by atoms with Gasteiger partial charge in [-0.25, -0.2) is 0 Å². The van der Waals surface area contributed by atoms with Gasteiger partial charge in [-0.3, -0.25) is 9.59 Å². The number of benzene rings is 2. The van der Waals surface area contributed by atoms with Gasteiger partial charge in [0.05, 0.1) is 6.04 Å². The first kappa shape index (κ1) is 17.3. The van der Waals surface area contributed by atoms with Crippen molar-refractivity contribution in [3.8, 4) is 0 Å². The molecular weight excluding hydrogens is 338 g/mol. The summed E-state index contributed by atoms with van der Waals surface area (Å²) in [5.74, 6) is -0.631. The molecule has 3 aromatic rings. The van der Waals surface area contributed by atoms with Crippen molar-refractivity contribution in [1.82, 2.24) is 9.88 Å². The van der Waals surface area contributed by atoms with E-state index in [1.165, 1.54) is 0 Å². The van der Waals surface area contributed by atoms with Gasteiger partial charge in [0.15, 0.2) is 0 Å². The molecule has 5 nitrogen and oxygen atoms in total. The van der Waals surface area contributed by atoms with Crippen LogP contribution in [-0.2, 0) is 4.79 Å². The summed E-state index contributed by atoms with van der Waals surface area (Å²) in [5.41, 5.74) is 9.32. The normalized spacial score (nSPS) is 18.5. The molecule has 0 bridgehead atoms. The van der Waals surface area contributed by atoms with Crippen molar-refractivity contribution in [2.75, 3.05) is 0 Å². The van der Waals surface area contributed by atoms with Gasteiger partial charge in [0.2, 0.25) is 5.91 Å². The number of aromatic nitrogens is 1. The van der Waals surface area contributed by atoms with E-state index in [1.807, 2.05) is 68.6 Å². The number of H-pyrrole nitrogens is 1. The molecular formula is C22H23N3O2. The van der Waals surface area contributed by atoms with Crippen LogP contribution >= 0.6 is 0 Å². The molecule has 3 atom stereocenters. The van der Waals surface area contributed by atoms with Gasteiger partial charge in [0.25, 0.3) is 5.91 Å². The standard InChI is InChI=1S/C22H23N3O2/c1-3-13(2)19(21(23)26)25-20(15-9-4-5-10-16(15)22(25)27)17-12-24-18-11-7-6-8-14(17)18/h4-13,19-20,24H,3H2,1-2H3,(H2,23,26). The summed E-state index contributed by atoms with van der Waals surface area (Å²) in [6, 6.07) is 14.6. The largest absolute Gasteiger partial charge is 0.368 e. The van der Waals surface area contributed by atoms with Crippen molar-refractivity contribution in [3.05, 3.63) is 71.4 Å². The van der Waals surface area contributed by atoms with Crippen molar-refractivity contribution in [1.29, 1.82) is 0 Å². The van der Waals surface area contributed by atoms with Gasteiger partial charge in [0, 0.05) is 28.2 Å². The van der Waals surface area contributed by atoms with Crippen LogP contribution in [0.1, 0.15) is 47.8 Å². The van der Waals surface area contributed by atoms with Crippen LogP contribution in [-0.4, -0.2) is 27.7 Å². The highest BCUT2D eigenvalue weighted by molar-refractivity contribution is 6.03. The second kappa shape index (κ2) is 6.58. The Hall–Kier alpha value is -3.08. The third-order valence-corrected chi connectivity index (χ3v) is 5.69. The first-order valence-electron chi connectivity index (χ1n) is 9.31. The number of hydrogen-bond donors (Lipinski definition) is 2. The van der Waals surface area contributed by atoms with Gasteiger partial charge >= 0.3 is 0 Å². The van der Waals surface area contributed by atoms with Gasteiger partial charge in [-0.15, -0.1) is 0 Å². The Bertz CT molecular complexity index is 1020. The maximum Gasteiger partial charge on any atom is 0.255 e. The minimum absolute atomic E-state index is 0.0338. The Balaban J connectivity index is 1.94. The Kier molecular flexibility index (Phi) is 4.22. The van der Waals surface area contributed by atoms with E-state index >= 15 is 0 Å². The molecule has 138 valence electrons. The number of carbonyl (C=O) groups excluding carboxylic acids is 2. The molecule has 3 N–H and O–H groups in total. The molecule has 0 fully saturated rings. The van der Waals surface area contributed by atoms with E-state index in [0.717, 1.165) is 28.5 Å². The van der Waals surface area contributed by atoms with Crippen molar-refractivity contribution < 1.29 is 9.59 Å². The lowest BCUT2D eigenvalue weighted by atomic mass is 9.93. The molecule has 1 aromatic heterocycles. The molecule has 2 heterocycles. The lowest BCUT2D eigenvalue weighted by molar-refractivity contribution is -0.124. The smallest absolute Gasteiger partial charge is 0.255 e. The number of nitrogens with one attached hydrogen (secondary N) is 1. The van der Waals surface area contributed by atoms with E-state index in [-0.39, 0.29) is 17.9 Å². The van der Waals surface area contributed by atoms with Gasteiger partial charge < -0.3 is 15.6 Å². The summed E-state index contributed by atoms with van der Waals surface area (Å²) < 4.78 is 0. The third kappa shape index (κ3) is 2.62. The van der Waals surface area contributed by atoms with Crippen LogP contribution in [0.2, 0.25) is 0 Å². The summed E-state index contributed by atoms with van der Waals surface area (Å²) in [7, 11) is 0. The zero-order valence-electron chi connectivity index (χ0n) is 15.5. The highest BCUT2D eigenvalue weighted by Gasteiger charge is 2.45. The van der Waals surface area contributed by atoms with E-state index in [1.54, 1.807) is 4.90 Å². The Labute approximate surface area is 158 Å². The molecule has 2 amide bonds. The van der Waals surface area contributed by atoms with Crippen LogP contribution in [0.15, 0.2) is 54.7 Å². The van der Waals surface area contributed by atoms with Crippen LogP contribution < -0.4 is 5.73 Å². The predicted molar refractivity (Wildman–Crippen MR) is 105 cm³/mol. The van der Waals surface area contributed by atoms with Crippen LogP contribution in [0.25, 0.3) is 10.9 Å². The van der Waals surface area contributed by atoms with E-state index in [2.05, 4.69) is 4.98 Å². The SMILES string of the molecule is CCC(C)C(C(N)=O)N1C(=O)c2ccccc2C1c1c[nH]c2ccccc12. The molecule has 0 saturated heterocycles. The topological polar surface area (TPSA) is 79.2 Å². The maximum atomic E-state index is 13.3. The van der Waals surface area contributed by atoms with Crippen LogP contribution in [0.5, 0.6) is 0 Å². The van der Waals surface area contributed by atoms with E-state index in [9.17, 15) is 9.59 Å². The number of nitrogens with zero attached hydrogens (tertiary/aromatic N) is 1. The second-order valence-electron chi connectivity index (χ2n) is 7.22. The summed E-state index contributed by atoms with van der Waals surface area (Å²) in [6.45, 7) is 3.98. The molecule has 0 saturated carbocycles. The fourth-order valence-electron chi connectivity index (χ4n) is 4.18. The molecule has 2 aromatic carbocycles. The van der Waals surface area contributed by atoms with Gasteiger partial charge in [-0.1, -0.05) is 56.7 Å². The number of amides is 2. The van der Waals surface area contributed by atoms with Crippen LogP contribution in [0.3, 0.4) is 0 Å². The zero-order valence-corrected chi connectivity index (χ0v) is 15.5. The molecule has 27 heavy (non-hydrogen) atoms. The Morgan fingerprint density at radius 3 is 2.59 bits per heavy atom. The highest BCUT2D eigenvalue weighted by Crippen LogP contribution is 2.43. The van der Waals surface area contributed by atoms with Gasteiger partial charge in [-0.05, 0) is 23.6 Å². The molecule has 1 aliphatic heterocycles. The molecule has 3 unspecified atom stereocenters. The third-order valence-electron chi connectivity index (χ3n) is 5.69. The van der Waals surface area contributed by atoms with E-state index < -0.39 is 11.9 Å². The number of rotatable bonds is 5. The predicted octanol–water partition coefficient (Wildman–Crippen LogP) is 3.61. The quantitative estimate of drug-likeness (QED) is 0.728. The summed E-state index contributed by atoms with van der Waals surface area (Å²) >= 11 is 0. The van der Waals surface area contributed by atoms with Crippen LogP contribution in [0.4, 0.5) is 0 Å². The first-order chi connectivity index (χ1) is 13.0. The molecule has 4 rings (SSSR count). The molecule has 0 aliphatic carbocycles. The zero-order chi connectivity index (χ0) is 19.1. The first-order valence-corrected chi connectivity index (χ1v) is 9.31. The number of fused-ring (bicyclic) bond motifs is 2. The lowest BCUT2D eigenvalue weighted by Crippen LogP contribution is -2.50. The summed E-state index contributed by atoms with van der Waals surface area (Å²) in [5, 5.41) is 1.05. The molecule has 0 spiro atoms. The van der Waals surface area contributed by atoms with Gasteiger partial charge in [0.1, 0.15) is 6.04 Å². The number of primary amides is 1. The minimum atomic E-state index is -0.659.